The second-order valence-electron chi connectivity index (χ2n) is 2.83. The van der Waals surface area contributed by atoms with E-state index in [2.05, 4.69) is 0 Å². The predicted molar refractivity (Wildman–Crippen MR) is 45.4 cm³/mol. The van der Waals surface area contributed by atoms with E-state index < -0.39 is 23.9 Å². The van der Waals surface area contributed by atoms with Crippen molar-refractivity contribution in [2.45, 2.75) is 12.5 Å². The van der Waals surface area contributed by atoms with E-state index in [1.807, 2.05) is 0 Å². The number of rotatable bonds is 3. The Morgan fingerprint density at radius 2 is 2.00 bits per heavy atom. The fraction of sp³-hybridized carbons (Fsp3) is 0.333. The van der Waals surface area contributed by atoms with E-state index in [9.17, 15) is 18.3 Å². The van der Waals surface area contributed by atoms with E-state index >= 15 is 0 Å². The highest BCUT2D eigenvalue weighted by Crippen LogP contribution is 2.24. The van der Waals surface area contributed by atoms with Gasteiger partial charge in [-0.2, -0.15) is 0 Å². The number of alkyl halides is 2. The van der Waals surface area contributed by atoms with Crippen molar-refractivity contribution in [3.63, 3.8) is 0 Å². The van der Waals surface area contributed by atoms with Gasteiger partial charge in [0.15, 0.2) is 0 Å². The Hall–Kier alpha value is -1.07. The van der Waals surface area contributed by atoms with Gasteiger partial charge in [-0.25, -0.2) is 13.2 Å². The largest absolute Gasteiger partial charge is 0.387 e. The van der Waals surface area contributed by atoms with Gasteiger partial charge in [-0.05, 0) is 11.6 Å². The van der Waals surface area contributed by atoms with Crippen LogP contribution < -0.4 is 5.73 Å². The fourth-order valence-electron chi connectivity index (χ4n) is 1.06. The molecule has 1 aromatic rings. The van der Waals surface area contributed by atoms with Crippen LogP contribution >= 0.6 is 0 Å². The van der Waals surface area contributed by atoms with Gasteiger partial charge in [-0.1, -0.05) is 12.1 Å². The first-order valence-electron chi connectivity index (χ1n) is 4.02. The summed E-state index contributed by atoms with van der Waals surface area (Å²) in [4.78, 5) is 0. The molecular formula is C9H10F3NO. The molecule has 0 heterocycles. The third kappa shape index (κ3) is 2.24. The monoisotopic (exact) mass is 205 g/mol. The fourth-order valence-corrected chi connectivity index (χ4v) is 1.06. The second kappa shape index (κ2) is 4.43. The van der Waals surface area contributed by atoms with Crippen molar-refractivity contribution < 1.29 is 18.3 Å². The van der Waals surface area contributed by atoms with Crippen LogP contribution in [0.1, 0.15) is 23.7 Å². The van der Waals surface area contributed by atoms with Crippen LogP contribution in [0.5, 0.6) is 0 Å². The Morgan fingerprint density at radius 1 is 1.36 bits per heavy atom. The lowest BCUT2D eigenvalue weighted by Crippen LogP contribution is -2.11. The van der Waals surface area contributed by atoms with Gasteiger partial charge in [0.2, 0.25) is 0 Å². The minimum absolute atomic E-state index is 0.0759. The number of nitrogens with two attached hydrogens (primary N) is 1. The minimum Gasteiger partial charge on any atom is -0.387 e. The van der Waals surface area contributed by atoms with Crippen LogP contribution in [0, 0.1) is 5.82 Å². The van der Waals surface area contributed by atoms with Crippen molar-refractivity contribution in [1.29, 1.82) is 0 Å². The zero-order valence-corrected chi connectivity index (χ0v) is 7.25. The van der Waals surface area contributed by atoms with Gasteiger partial charge in [0, 0.05) is 6.54 Å². The molecule has 0 spiro atoms. The van der Waals surface area contributed by atoms with Gasteiger partial charge < -0.3 is 10.8 Å². The van der Waals surface area contributed by atoms with Crippen LogP contribution in [0.15, 0.2) is 18.2 Å². The van der Waals surface area contributed by atoms with E-state index in [0.29, 0.717) is 0 Å². The Balaban J connectivity index is 3.00. The molecule has 0 saturated carbocycles. The van der Waals surface area contributed by atoms with E-state index in [0.717, 1.165) is 12.1 Å². The molecule has 0 fully saturated rings. The Bertz CT molecular complexity index is 317. The maximum absolute atomic E-state index is 13.0. The molecule has 1 rings (SSSR count). The molecule has 2 nitrogen and oxygen atoms in total. The van der Waals surface area contributed by atoms with Gasteiger partial charge in [0.05, 0.1) is 11.7 Å². The third-order valence-corrected chi connectivity index (χ3v) is 1.87. The average molecular weight is 205 g/mol. The topological polar surface area (TPSA) is 46.2 Å². The smallest absolute Gasteiger partial charge is 0.266 e. The van der Waals surface area contributed by atoms with Gasteiger partial charge in [-0.3, -0.25) is 0 Å². The summed E-state index contributed by atoms with van der Waals surface area (Å²) in [5.41, 5.74) is 4.67. The van der Waals surface area contributed by atoms with Crippen LogP contribution in [0.4, 0.5) is 13.2 Å². The van der Waals surface area contributed by atoms with E-state index in [-0.39, 0.29) is 12.1 Å². The van der Waals surface area contributed by atoms with Gasteiger partial charge in [-0.15, -0.1) is 0 Å². The molecule has 1 atom stereocenters. The van der Waals surface area contributed by atoms with Crippen molar-refractivity contribution in [3.8, 4) is 0 Å². The first-order valence-corrected chi connectivity index (χ1v) is 4.02. The summed E-state index contributed by atoms with van der Waals surface area (Å²) < 4.78 is 37.2. The Morgan fingerprint density at radius 3 is 2.43 bits per heavy atom. The highest BCUT2D eigenvalue weighted by molar-refractivity contribution is 5.26. The van der Waals surface area contributed by atoms with Crippen LogP contribution in [0.2, 0.25) is 0 Å². The van der Waals surface area contributed by atoms with Crippen LogP contribution in [0.25, 0.3) is 0 Å². The summed E-state index contributed by atoms with van der Waals surface area (Å²) in [5.74, 6) is -1.02. The summed E-state index contributed by atoms with van der Waals surface area (Å²) in [7, 11) is 0. The van der Waals surface area contributed by atoms with Gasteiger partial charge >= 0.3 is 0 Å². The molecule has 5 heteroatoms. The number of hydrogen-bond donors (Lipinski definition) is 2. The quantitative estimate of drug-likeness (QED) is 0.789. The van der Waals surface area contributed by atoms with Crippen LogP contribution in [0.3, 0.4) is 0 Å². The zero-order valence-electron chi connectivity index (χ0n) is 7.25. The molecule has 0 amide bonds. The first kappa shape index (κ1) is 11.0. The molecule has 3 N–H and O–H groups in total. The predicted octanol–water partition coefficient (Wildman–Crippen LogP) is 1.76. The Kier molecular flexibility index (Phi) is 3.49. The lowest BCUT2D eigenvalue weighted by Gasteiger charge is -2.09. The van der Waals surface area contributed by atoms with Crippen molar-refractivity contribution in [3.05, 3.63) is 35.1 Å². The maximum atomic E-state index is 13.0. The lowest BCUT2D eigenvalue weighted by atomic mass is 10.1. The lowest BCUT2D eigenvalue weighted by molar-refractivity contribution is 0.145. The SMILES string of the molecule is NCC(O)c1ccc(C(F)F)c(F)c1. The highest BCUT2D eigenvalue weighted by Gasteiger charge is 2.15. The zero-order chi connectivity index (χ0) is 10.7. The van der Waals surface area contributed by atoms with Crippen molar-refractivity contribution in [1.82, 2.24) is 0 Å². The van der Waals surface area contributed by atoms with Crippen molar-refractivity contribution in [2.24, 2.45) is 5.73 Å². The summed E-state index contributed by atoms with van der Waals surface area (Å²) in [5, 5.41) is 9.20. The van der Waals surface area contributed by atoms with Crippen molar-refractivity contribution in [2.75, 3.05) is 6.54 Å². The van der Waals surface area contributed by atoms with Gasteiger partial charge in [0.25, 0.3) is 6.43 Å². The standard InChI is InChI=1S/C9H10F3NO/c10-7-3-5(8(14)4-13)1-2-6(7)9(11)12/h1-3,8-9,14H,4,13H2. The summed E-state index contributed by atoms with van der Waals surface area (Å²) in [6.07, 6.45) is -3.87. The minimum atomic E-state index is -2.85. The molecule has 78 valence electrons. The van der Waals surface area contributed by atoms with E-state index in [4.69, 9.17) is 5.73 Å². The molecule has 1 unspecified atom stereocenters. The summed E-state index contributed by atoms with van der Waals surface area (Å²) in [6.45, 7) is -0.0759. The van der Waals surface area contributed by atoms with Gasteiger partial charge in [0.1, 0.15) is 5.82 Å². The molecule has 0 bridgehead atoms. The summed E-state index contributed by atoms with van der Waals surface area (Å²) in [6, 6.07) is 3.06. The van der Waals surface area contributed by atoms with Crippen LogP contribution in [-0.2, 0) is 0 Å². The molecular weight excluding hydrogens is 195 g/mol. The normalized spacial score (nSPS) is 13.3. The second-order valence-corrected chi connectivity index (χ2v) is 2.83. The van der Waals surface area contributed by atoms with Crippen LogP contribution in [-0.4, -0.2) is 11.7 Å². The Labute approximate surface area is 79.2 Å². The number of hydrogen-bond acceptors (Lipinski definition) is 2. The first-order chi connectivity index (χ1) is 6.56. The highest BCUT2D eigenvalue weighted by atomic mass is 19.3. The average Bonchev–Trinajstić information content (AvgIpc) is 2.15. The maximum Gasteiger partial charge on any atom is 0.266 e. The molecule has 0 aliphatic rings. The van der Waals surface area contributed by atoms with E-state index in [1.54, 1.807) is 0 Å². The molecule has 1 aromatic carbocycles. The van der Waals surface area contributed by atoms with E-state index in [1.165, 1.54) is 6.07 Å². The molecule has 0 aliphatic heterocycles. The molecule has 0 aliphatic carbocycles. The number of halogens is 3. The summed E-state index contributed by atoms with van der Waals surface area (Å²) >= 11 is 0. The third-order valence-electron chi connectivity index (χ3n) is 1.87. The molecule has 0 aromatic heterocycles. The number of aliphatic hydroxyl groups excluding tert-OH is 1. The number of benzene rings is 1. The molecule has 14 heavy (non-hydrogen) atoms. The molecule has 0 saturated heterocycles. The molecule has 0 radical (unpaired) electrons. The number of aliphatic hydroxyl groups is 1. The van der Waals surface area contributed by atoms with Crippen molar-refractivity contribution >= 4 is 0 Å².